The maximum Gasteiger partial charge on any atom is 0.0667 e. The van der Waals surface area contributed by atoms with Crippen molar-refractivity contribution < 1.29 is 30.2 Å². The fraction of sp³-hybridized carbons (Fsp3) is 0. The average molecular weight is 748 g/mol. The van der Waals surface area contributed by atoms with Gasteiger partial charge in [-0.05, 0) is 59.5 Å². The molecule has 0 saturated heterocycles. The van der Waals surface area contributed by atoms with E-state index in [9.17, 15) is 16.4 Å². The first-order valence-electron chi connectivity index (χ1n) is 28.8. The summed E-state index contributed by atoms with van der Waals surface area (Å²) < 4.78 is 208. The van der Waals surface area contributed by atoms with Crippen LogP contribution < -0.4 is 0 Å². The third-order valence-corrected chi connectivity index (χ3v) is 10.3. The number of benzene rings is 9. The molecule has 0 unspecified atom stereocenters. The Hall–Kier alpha value is -7.62. The standard InChI is InChI=1S/C54H35N3/c1-3-17-36(18-4-1)39-25-15-26-40(37-19-5-2-6-20-37)54(39)57-48-29-13-9-23-43(48)44-34-33-38(35-52(44)57)55-49-30-14-10-24-45(49)53-50(55)31-16-32-51(53)56-46-27-11-7-21-41(46)42-22-8-12-28-47(42)56/h1-35H/i7D,8D,9D,10D,11D,12D,13D,14D,16D,21D,22D,23D,24D,27D,28D,29D,30D,31D,32D,33D,34D,35D. The molecule has 0 saturated carbocycles. The molecule has 3 nitrogen and oxygen atoms in total. The molecular formula is C54H35N3. The highest BCUT2D eigenvalue weighted by Gasteiger charge is 2.23. The number of fused-ring (bicyclic) bond motifs is 9. The molecule has 0 spiro atoms. The Morgan fingerprint density at radius 1 is 0.333 bits per heavy atom. The summed E-state index contributed by atoms with van der Waals surface area (Å²) >= 11 is 0. The van der Waals surface area contributed by atoms with Gasteiger partial charge in [0, 0.05) is 49.1 Å². The first kappa shape index (κ1) is 17.0. The highest BCUT2D eigenvalue weighted by Crippen LogP contribution is 2.44. The van der Waals surface area contributed by atoms with Crippen LogP contribution in [0.25, 0.3) is 105 Å². The molecule has 3 heteroatoms. The summed E-state index contributed by atoms with van der Waals surface area (Å²) in [7, 11) is 0. The Kier molecular flexibility index (Phi) is 3.72. The highest BCUT2D eigenvalue weighted by atomic mass is 15.0. The summed E-state index contributed by atoms with van der Waals surface area (Å²) in [5.41, 5.74) is -1.45. The zero-order valence-electron chi connectivity index (χ0n) is 51.3. The second kappa shape index (κ2) is 12.5. The van der Waals surface area contributed by atoms with E-state index in [4.69, 9.17) is 13.7 Å². The molecule has 0 N–H and O–H groups in total. The van der Waals surface area contributed by atoms with Crippen LogP contribution in [0.3, 0.4) is 0 Å². The van der Waals surface area contributed by atoms with Gasteiger partial charge in [0.1, 0.15) is 0 Å². The first-order valence-corrected chi connectivity index (χ1v) is 17.8. The fourth-order valence-electron chi connectivity index (χ4n) is 7.92. The molecular weight excluding hydrogens is 691 g/mol. The summed E-state index contributed by atoms with van der Waals surface area (Å²) in [5, 5.41) is -2.38. The van der Waals surface area contributed by atoms with Gasteiger partial charge in [0.05, 0.1) is 74.6 Å². The maximum absolute atomic E-state index is 10.5. The minimum absolute atomic E-state index is 0.194. The molecule has 3 heterocycles. The molecule has 0 aliphatic rings. The van der Waals surface area contributed by atoms with Gasteiger partial charge in [-0.1, -0.05) is 163 Å². The monoisotopic (exact) mass is 747 g/mol. The van der Waals surface area contributed by atoms with Crippen molar-refractivity contribution in [3.8, 4) is 39.3 Å². The predicted molar refractivity (Wildman–Crippen MR) is 240 cm³/mol. The lowest BCUT2D eigenvalue weighted by atomic mass is 9.95. The van der Waals surface area contributed by atoms with Gasteiger partial charge in [-0.15, -0.1) is 0 Å². The summed E-state index contributed by atoms with van der Waals surface area (Å²) in [6.45, 7) is 0. The van der Waals surface area contributed by atoms with Gasteiger partial charge >= 0.3 is 0 Å². The Morgan fingerprint density at radius 2 is 0.807 bits per heavy atom. The SMILES string of the molecule is [2H]c1c([2H])c([2H])c2c(c1[2H])c1c([2H])c([2H])c(-n3c4c([2H])c([2H])c([2H])c([2H])c4c4c(-n5c6c([2H])c([2H])c([2H])c([2H])c6c6c([2H])c([2H])c([2H])c([2H])c65)c([2H])c([2H])c([2H])c43)c([2H])c1n2-c1c(-c2ccccc2)cccc1-c1ccccc1. The van der Waals surface area contributed by atoms with Crippen molar-refractivity contribution in [2.24, 2.45) is 0 Å². The van der Waals surface area contributed by atoms with Crippen LogP contribution in [0.1, 0.15) is 30.2 Å². The Labute approximate surface area is 360 Å². The van der Waals surface area contributed by atoms with E-state index < -0.39 is 188 Å². The quantitative estimate of drug-likeness (QED) is 0.167. The van der Waals surface area contributed by atoms with Crippen LogP contribution in [0, 0.1) is 0 Å². The van der Waals surface area contributed by atoms with E-state index >= 15 is 0 Å². The van der Waals surface area contributed by atoms with Crippen molar-refractivity contribution in [1.29, 1.82) is 0 Å². The van der Waals surface area contributed by atoms with Crippen LogP contribution in [-0.4, -0.2) is 13.7 Å². The molecule has 12 aromatic rings. The summed E-state index contributed by atoms with van der Waals surface area (Å²) in [4.78, 5) is 0. The summed E-state index contributed by atoms with van der Waals surface area (Å²) in [6.07, 6.45) is 0. The third-order valence-electron chi connectivity index (χ3n) is 10.3. The average Bonchev–Trinajstić information content (AvgIpc) is 2.77. The summed E-state index contributed by atoms with van der Waals surface area (Å²) in [6, 6.07) is 6.12. The molecule has 57 heavy (non-hydrogen) atoms. The van der Waals surface area contributed by atoms with E-state index in [0.29, 0.717) is 22.3 Å². The molecule has 0 aliphatic carbocycles. The zero-order chi connectivity index (χ0) is 56.6. The molecule has 0 fully saturated rings. The minimum Gasteiger partial charge on any atom is -0.309 e. The number of para-hydroxylation sites is 5. The Balaban J connectivity index is 1.38. The van der Waals surface area contributed by atoms with E-state index in [1.165, 1.54) is 4.57 Å². The highest BCUT2D eigenvalue weighted by molar-refractivity contribution is 6.17. The number of rotatable bonds is 5. The Bertz CT molecular complexity index is 4660. The Morgan fingerprint density at radius 3 is 1.39 bits per heavy atom. The van der Waals surface area contributed by atoms with Crippen molar-refractivity contribution in [2.45, 2.75) is 0 Å². The molecule has 266 valence electrons. The van der Waals surface area contributed by atoms with E-state index in [1.54, 1.807) is 54.6 Å². The number of hydrogen-bond donors (Lipinski definition) is 0. The molecule has 0 aliphatic heterocycles. The van der Waals surface area contributed by atoms with E-state index in [0.717, 1.165) is 9.13 Å². The molecule has 12 rings (SSSR count). The lowest BCUT2D eigenvalue weighted by molar-refractivity contribution is 1.15. The molecule has 9 aromatic carbocycles. The largest absolute Gasteiger partial charge is 0.309 e. The van der Waals surface area contributed by atoms with Gasteiger partial charge in [-0.2, -0.15) is 0 Å². The van der Waals surface area contributed by atoms with Crippen molar-refractivity contribution in [2.75, 3.05) is 0 Å². The van der Waals surface area contributed by atoms with Crippen LogP contribution in [-0.2, 0) is 0 Å². The van der Waals surface area contributed by atoms with E-state index in [1.807, 2.05) is 24.3 Å². The molecule has 0 radical (unpaired) electrons. The second-order valence-corrected chi connectivity index (χ2v) is 13.2. The second-order valence-electron chi connectivity index (χ2n) is 13.2. The van der Waals surface area contributed by atoms with Gasteiger partial charge < -0.3 is 13.7 Å². The number of hydrogen-bond acceptors (Lipinski definition) is 0. The van der Waals surface area contributed by atoms with E-state index in [-0.39, 0.29) is 27.5 Å². The molecule has 0 atom stereocenters. The van der Waals surface area contributed by atoms with Crippen molar-refractivity contribution in [3.05, 3.63) is 212 Å². The van der Waals surface area contributed by atoms with Crippen LogP contribution >= 0.6 is 0 Å². The zero-order valence-corrected chi connectivity index (χ0v) is 29.3. The molecule has 0 amide bonds. The van der Waals surface area contributed by atoms with Gasteiger partial charge in [0.15, 0.2) is 0 Å². The lowest BCUT2D eigenvalue weighted by Gasteiger charge is -2.19. The van der Waals surface area contributed by atoms with Crippen molar-refractivity contribution in [3.63, 3.8) is 0 Å². The van der Waals surface area contributed by atoms with Crippen LogP contribution in [0.2, 0.25) is 0 Å². The van der Waals surface area contributed by atoms with Gasteiger partial charge in [-0.25, -0.2) is 0 Å². The molecule has 3 aromatic heterocycles. The number of nitrogens with zero attached hydrogens (tertiary/aromatic N) is 3. The lowest BCUT2D eigenvalue weighted by Crippen LogP contribution is -2.01. The van der Waals surface area contributed by atoms with Crippen LogP contribution in [0.4, 0.5) is 0 Å². The topological polar surface area (TPSA) is 14.8 Å². The van der Waals surface area contributed by atoms with Crippen molar-refractivity contribution in [1.82, 2.24) is 13.7 Å². The van der Waals surface area contributed by atoms with Crippen LogP contribution in [0.5, 0.6) is 0 Å². The smallest absolute Gasteiger partial charge is 0.0667 e. The van der Waals surface area contributed by atoms with Gasteiger partial charge in [0.2, 0.25) is 0 Å². The summed E-state index contributed by atoms with van der Waals surface area (Å²) in [5.74, 6) is 0. The normalized spacial score (nSPS) is 17.3. The minimum atomic E-state index is -0.939. The van der Waals surface area contributed by atoms with E-state index in [2.05, 4.69) is 0 Å². The van der Waals surface area contributed by atoms with Crippen LogP contribution in [0.15, 0.2) is 212 Å². The maximum atomic E-state index is 10.5. The predicted octanol–water partition coefficient (Wildman–Crippen LogP) is 14.3. The van der Waals surface area contributed by atoms with Gasteiger partial charge in [-0.3, -0.25) is 0 Å². The first-order chi connectivity index (χ1) is 37.5. The fourth-order valence-corrected chi connectivity index (χ4v) is 7.92. The van der Waals surface area contributed by atoms with Gasteiger partial charge in [0.25, 0.3) is 0 Å². The third kappa shape index (κ3) is 4.66. The number of aromatic nitrogens is 3. The van der Waals surface area contributed by atoms with Crippen molar-refractivity contribution >= 4 is 65.4 Å². The molecule has 0 bridgehead atoms.